The van der Waals surface area contributed by atoms with Crippen LogP contribution in [0.25, 0.3) is 0 Å². The molecule has 0 amide bonds. The van der Waals surface area contributed by atoms with E-state index in [0.29, 0.717) is 0 Å². The maximum atomic E-state index is 12.6. The molecule has 5 nitrogen and oxygen atoms in total. The average molecular weight is 484 g/mol. The van der Waals surface area contributed by atoms with Crippen molar-refractivity contribution in [3.05, 3.63) is 34.9 Å². The molecule has 0 radical (unpaired) electrons. The molecule has 1 aromatic carbocycles. The Hall–Kier alpha value is -1.34. The van der Waals surface area contributed by atoms with Crippen LogP contribution in [0.5, 0.6) is 11.5 Å². The minimum Gasteiger partial charge on any atom is -0.541 e. The molecule has 3 aliphatic carbocycles. The van der Waals surface area contributed by atoms with E-state index in [2.05, 4.69) is 50.9 Å². The summed E-state index contributed by atoms with van der Waals surface area (Å²) in [6.45, 7) is 13.5. The minimum atomic E-state index is -2.07. The van der Waals surface area contributed by atoms with Gasteiger partial charge in [-0.2, -0.15) is 0 Å². The van der Waals surface area contributed by atoms with Crippen molar-refractivity contribution in [1.82, 2.24) is 4.90 Å². The van der Waals surface area contributed by atoms with E-state index in [1.807, 2.05) is 6.08 Å². The molecule has 186 valence electrons. The fraction of sp³-hybridized carbons (Fsp3) is 0.714. The van der Waals surface area contributed by atoms with E-state index in [1.54, 1.807) is 0 Å². The first-order valence-corrected chi connectivity index (χ1v) is 16.2. The summed E-state index contributed by atoms with van der Waals surface area (Å²) in [6, 6.07) is 4.52. The smallest absolute Gasteiger partial charge is 0.250 e. The molecule has 3 fully saturated rings. The van der Waals surface area contributed by atoms with Gasteiger partial charge in [0.15, 0.2) is 5.75 Å². The quantitative estimate of drug-likeness (QED) is 0.475. The Labute approximate surface area is 205 Å². The maximum absolute atomic E-state index is 12.6. The van der Waals surface area contributed by atoms with Crippen LogP contribution in [0.1, 0.15) is 64.0 Å². The van der Waals surface area contributed by atoms with E-state index >= 15 is 0 Å². The van der Waals surface area contributed by atoms with Gasteiger partial charge in [-0.3, -0.25) is 4.90 Å². The van der Waals surface area contributed by atoms with Gasteiger partial charge in [0, 0.05) is 18.2 Å². The molecule has 4 atom stereocenters. The second-order valence-electron chi connectivity index (χ2n) is 13.1. The number of piperidine rings is 1. The number of likely N-dealkylation sites (tertiary alicyclic amines) is 1. The fourth-order valence-electron chi connectivity index (χ4n) is 7.16. The molecule has 1 saturated heterocycles. The lowest BCUT2D eigenvalue weighted by atomic mass is 9.48. The van der Waals surface area contributed by atoms with Crippen LogP contribution in [0, 0.1) is 5.92 Å². The van der Waals surface area contributed by atoms with E-state index < -0.39 is 19.3 Å². The van der Waals surface area contributed by atoms with Gasteiger partial charge in [0.1, 0.15) is 11.9 Å². The summed E-state index contributed by atoms with van der Waals surface area (Å²) in [5.41, 5.74) is 2.41. The molecule has 2 N–H and O–H groups in total. The lowest BCUT2D eigenvalue weighted by molar-refractivity contribution is -0.174. The Morgan fingerprint density at radius 2 is 2.00 bits per heavy atom. The van der Waals surface area contributed by atoms with Crippen LogP contribution in [-0.4, -0.2) is 60.9 Å². The molecule has 6 heteroatoms. The highest BCUT2D eigenvalue weighted by Gasteiger charge is 2.72. The second kappa shape index (κ2) is 7.34. The molecule has 2 bridgehead atoms. The monoisotopic (exact) mass is 483 g/mol. The molecule has 6 rings (SSSR count). The van der Waals surface area contributed by atoms with Crippen molar-refractivity contribution < 1.29 is 19.4 Å². The van der Waals surface area contributed by atoms with Gasteiger partial charge in [0.2, 0.25) is 0 Å². The normalized spacial score (nSPS) is 35.8. The summed E-state index contributed by atoms with van der Waals surface area (Å²) < 4.78 is 13.7. The average Bonchev–Trinajstić information content (AvgIpc) is 3.49. The Kier molecular flexibility index (Phi) is 4.98. The van der Waals surface area contributed by atoms with Gasteiger partial charge >= 0.3 is 0 Å². The van der Waals surface area contributed by atoms with Crippen molar-refractivity contribution in [1.29, 1.82) is 0 Å². The summed E-state index contributed by atoms with van der Waals surface area (Å²) in [5, 5.41) is 22.5. The molecule has 34 heavy (non-hydrogen) atoms. The molecule has 1 unspecified atom stereocenters. The highest BCUT2D eigenvalue weighted by Crippen LogP contribution is 2.66. The highest BCUT2D eigenvalue weighted by atomic mass is 28.4. The third kappa shape index (κ3) is 3.01. The van der Waals surface area contributed by atoms with Crippen LogP contribution in [0.2, 0.25) is 18.1 Å². The molecule has 2 saturated carbocycles. The van der Waals surface area contributed by atoms with Gasteiger partial charge in [-0.05, 0) is 86.3 Å². The van der Waals surface area contributed by atoms with Gasteiger partial charge < -0.3 is 19.4 Å². The Morgan fingerprint density at radius 1 is 1.24 bits per heavy atom. The third-order valence-corrected chi connectivity index (χ3v) is 14.5. The van der Waals surface area contributed by atoms with E-state index in [9.17, 15) is 10.2 Å². The summed E-state index contributed by atoms with van der Waals surface area (Å²) in [5.74, 6) is 2.52. The first kappa shape index (κ1) is 23.1. The molecule has 5 aliphatic rings. The minimum absolute atomic E-state index is 0.0114. The Bertz CT molecular complexity index is 1040. The van der Waals surface area contributed by atoms with Crippen molar-refractivity contribution in [2.45, 2.75) is 101 Å². The highest BCUT2D eigenvalue weighted by molar-refractivity contribution is 6.74. The standard InChI is InChI=1S/C28H41NO4Si/c1-26(2,3)34(4,5)33-21-9-8-20-16-22-28(31)12-10-19(11-15-30)25-27(28,23(20)24(21)32-25)13-14-29(22)17-18-6-7-18/h8-9,11,18,22,25,30-31H,6-7,10,12-17H2,1-5H3/b19-11+/t22-,25?,27+,28-/m1/s1. The molecule has 1 aromatic rings. The zero-order valence-electron chi connectivity index (χ0n) is 21.5. The van der Waals surface area contributed by atoms with E-state index in [0.717, 1.165) is 61.8 Å². The number of aliphatic hydroxyl groups is 2. The van der Waals surface area contributed by atoms with E-state index in [-0.39, 0.29) is 23.8 Å². The number of hydrogen-bond donors (Lipinski definition) is 2. The van der Waals surface area contributed by atoms with Crippen LogP contribution in [-0.2, 0) is 11.8 Å². The predicted octanol–water partition coefficient (Wildman–Crippen LogP) is 4.55. The largest absolute Gasteiger partial charge is 0.541 e. The van der Waals surface area contributed by atoms with Gasteiger partial charge in [-0.1, -0.05) is 32.9 Å². The topological polar surface area (TPSA) is 62.2 Å². The molecule has 2 heterocycles. The van der Waals surface area contributed by atoms with Crippen LogP contribution in [0.4, 0.5) is 0 Å². The van der Waals surface area contributed by atoms with Gasteiger partial charge in [-0.25, -0.2) is 0 Å². The van der Waals surface area contributed by atoms with Crippen LogP contribution in [0.15, 0.2) is 23.8 Å². The lowest BCUT2D eigenvalue weighted by Gasteiger charge is -2.63. The number of ether oxygens (including phenoxy) is 1. The first-order valence-electron chi connectivity index (χ1n) is 13.3. The van der Waals surface area contributed by atoms with Crippen molar-refractivity contribution in [3.8, 4) is 11.5 Å². The van der Waals surface area contributed by atoms with Crippen LogP contribution in [0.3, 0.4) is 0 Å². The fourth-order valence-corrected chi connectivity index (χ4v) is 8.18. The third-order valence-electron chi connectivity index (χ3n) is 10.2. The molecular formula is C28H41NO4Si. The number of hydrogen-bond acceptors (Lipinski definition) is 5. The first-order chi connectivity index (χ1) is 16.0. The van der Waals surface area contributed by atoms with Gasteiger partial charge in [0.05, 0.1) is 17.6 Å². The van der Waals surface area contributed by atoms with Crippen molar-refractivity contribution in [2.24, 2.45) is 5.92 Å². The van der Waals surface area contributed by atoms with Gasteiger partial charge in [-0.15, -0.1) is 0 Å². The number of aliphatic hydroxyl groups excluding tert-OH is 1. The molecular weight excluding hydrogens is 442 g/mol. The van der Waals surface area contributed by atoms with E-state index in [1.165, 1.54) is 24.0 Å². The van der Waals surface area contributed by atoms with Crippen LogP contribution < -0.4 is 9.16 Å². The van der Waals surface area contributed by atoms with Gasteiger partial charge in [0.25, 0.3) is 8.32 Å². The van der Waals surface area contributed by atoms with Crippen molar-refractivity contribution >= 4 is 8.32 Å². The lowest BCUT2D eigenvalue weighted by Crippen LogP contribution is -2.75. The Morgan fingerprint density at radius 3 is 2.68 bits per heavy atom. The molecule has 0 aromatic heterocycles. The number of benzene rings is 1. The molecule has 2 aliphatic heterocycles. The number of nitrogens with zero attached hydrogens (tertiary/aromatic N) is 1. The predicted molar refractivity (Wildman–Crippen MR) is 136 cm³/mol. The van der Waals surface area contributed by atoms with Crippen molar-refractivity contribution in [3.63, 3.8) is 0 Å². The van der Waals surface area contributed by atoms with E-state index in [4.69, 9.17) is 9.16 Å². The van der Waals surface area contributed by atoms with Crippen molar-refractivity contribution in [2.75, 3.05) is 19.7 Å². The number of rotatable bonds is 5. The zero-order chi connectivity index (χ0) is 24.1. The van der Waals surface area contributed by atoms with Crippen LogP contribution >= 0.6 is 0 Å². The second-order valence-corrected chi connectivity index (χ2v) is 17.8. The summed E-state index contributed by atoms with van der Waals surface area (Å²) in [4.78, 5) is 2.60. The molecule has 1 spiro atoms. The Balaban J connectivity index is 1.50. The summed E-state index contributed by atoms with van der Waals surface area (Å²) >= 11 is 0. The summed E-state index contributed by atoms with van der Waals surface area (Å²) in [6.07, 6.45) is 7.65. The SMILES string of the molecule is CC(C)(C)[Si](C)(C)Oc1ccc2c3c1OC1/C(=C/CO)CC[C@@]4(O)[C@@H](C2)N(CC2CC2)CC[C@]314. The zero-order valence-corrected chi connectivity index (χ0v) is 22.5. The summed E-state index contributed by atoms with van der Waals surface area (Å²) in [7, 11) is -2.07. The maximum Gasteiger partial charge on any atom is 0.250 e.